The summed E-state index contributed by atoms with van der Waals surface area (Å²) in [4.78, 5) is 36.3. The van der Waals surface area contributed by atoms with Gasteiger partial charge in [0.1, 0.15) is 0 Å². The van der Waals surface area contributed by atoms with E-state index < -0.39 is 6.09 Å². The predicted octanol–water partition coefficient (Wildman–Crippen LogP) is -0.414. The van der Waals surface area contributed by atoms with Crippen LogP contribution in [0.15, 0.2) is 0 Å². The smallest absolute Gasteiger partial charge is 0.417 e. The first-order valence-electron chi connectivity index (χ1n) is 4.90. The topological polar surface area (TPSA) is 66.9 Å². The van der Waals surface area contributed by atoms with Crippen LogP contribution in [0, 0.1) is 0 Å². The lowest BCUT2D eigenvalue weighted by molar-refractivity contribution is -0.141. The number of hydrogen-bond acceptors (Lipinski definition) is 4. The molecular formula is C9H12N2O4. The van der Waals surface area contributed by atoms with Gasteiger partial charge in [-0.1, -0.05) is 6.92 Å². The first kappa shape index (κ1) is 9.95. The zero-order valence-corrected chi connectivity index (χ0v) is 8.43. The van der Waals surface area contributed by atoms with Crippen LogP contribution in [-0.2, 0) is 14.3 Å². The summed E-state index contributed by atoms with van der Waals surface area (Å²) in [5, 5.41) is 0. The third-order valence-electron chi connectivity index (χ3n) is 2.67. The average Bonchev–Trinajstić information content (AvgIpc) is 2.46. The maximum Gasteiger partial charge on any atom is 0.417 e. The highest BCUT2D eigenvalue weighted by molar-refractivity contribution is 5.98. The Morgan fingerprint density at radius 3 is 2.60 bits per heavy atom. The number of cyclic esters (lactones) is 1. The highest BCUT2D eigenvalue weighted by Gasteiger charge is 2.43. The number of carbonyl (C=O) groups excluding carboxylic acids is 3. The number of hydrogen-bond donors (Lipinski definition) is 0. The molecule has 0 aliphatic carbocycles. The maximum absolute atomic E-state index is 11.2. The molecular weight excluding hydrogens is 200 g/mol. The van der Waals surface area contributed by atoms with E-state index in [4.69, 9.17) is 0 Å². The summed E-state index contributed by atoms with van der Waals surface area (Å²) in [5.41, 5.74) is 0. The van der Waals surface area contributed by atoms with Crippen molar-refractivity contribution in [2.45, 2.75) is 19.4 Å². The van der Waals surface area contributed by atoms with Crippen molar-refractivity contribution in [3.8, 4) is 0 Å². The number of imide groups is 1. The lowest BCUT2D eigenvalue weighted by Crippen LogP contribution is -2.62. The van der Waals surface area contributed by atoms with Crippen molar-refractivity contribution in [2.75, 3.05) is 19.7 Å². The van der Waals surface area contributed by atoms with E-state index in [0.29, 0.717) is 19.5 Å². The molecule has 82 valence electrons. The van der Waals surface area contributed by atoms with Gasteiger partial charge >= 0.3 is 6.09 Å². The van der Waals surface area contributed by atoms with E-state index in [0.717, 1.165) is 4.90 Å². The Balaban J connectivity index is 1.91. The van der Waals surface area contributed by atoms with Crippen LogP contribution in [0.3, 0.4) is 0 Å². The molecule has 2 aliphatic heterocycles. The summed E-state index contributed by atoms with van der Waals surface area (Å²) in [7, 11) is 0. The fraction of sp³-hybridized carbons (Fsp3) is 0.667. The van der Waals surface area contributed by atoms with Crippen LogP contribution in [0.5, 0.6) is 0 Å². The minimum Gasteiger partial charge on any atom is -0.439 e. The largest absolute Gasteiger partial charge is 0.439 e. The van der Waals surface area contributed by atoms with Crippen molar-refractivity contribution in [3.05, 3.63) is 0 Å². The second kappa shape index (κ2) is 3.52. The van der Waals surface area contributed by atoms with E-state index in [1.807, 2.05) is 0 Å². The van der Waals surface area contributed by atoms with Crippen LogP contribution >= 0.6 is 0 Å². The highest BCUT2D eigenvalue weighted by Crippen LogP contribution is 2.20. The van der Waals surface area contributed by atoms with Crippen LogP contribution in [0.4, 0.5) is 4.79 Å². The summed E-state index contributed by atoms with van der Waals surface area (Å²) in [5.74, 6) is -0.264. The number of carbonyl (C=O) groups is 3. The number of ether oxygens (including phenoxy) is 1. The molecule has 2 aliphatic rings. The van der Waals surface area contributed by atoms with E-state index in [-0.39, 0.29) is 24.5 Å². The highest BCUT2D eigenvalue weighted by atomic mass is 16.6. The van der Waals surface area contributed by atoms with Gasteiger partial charge in [0, 0.05) is 19.5 Å². The van der Waals surface area contributed by atoms with Gasteiger partial charge in [0.2, 0.25) is 5.91 Å². The molecule has 0 atom stereocenters. The van der Waals surface area contributed by atoms with Gasteiger partial charge in [-0.3, -0.25) is 9.59 Å². The molecule has 6 nitrogen and oxygen atoms in total. The molecule has 2 heterocycles. The van der Waals surface area contributed by atoms with Crippen molar-refractivity contribution in [1.82, 2.24) is 9.80 Å². The summed E-state index contributed by atoms with van der Waals surface area (Å²) in [6, 6.07) is -0.192. The van der Waals surface area contributed by atoms with Crippen LogP contribution in [-0.4, -0.2) is 53.4 Å². The van der Waals surface area contributed by atoms with Gasteiger partial charge in [0.25, 0.3) is 5.91 Å². The second-order valence-corrected chi connectivity index (χ2v) is 3.62. The van der Waals surface area contributed by atoms with Crippen molar-refractivity contribution >= 4 is 17.9 Å². The van der Waals surface area contributed by atoms with Gasteiger partial charge in [-0.2, -0.15) is 0 Å². The Labute approximate surface area is 86.8 Å². The van der Waals surface area contributed by atoms with E-state index in [1.165, 1.54) is 0 Å². The van der Waals surface area contributed by atoms with Gasteiger partial charge < -0.3 is 9.64 Å². The minimum absolute atomic E-state index is 0.0475. The number of nitrogens with zero attached hydrogens (tertiary/aromatic N) is 2. The van der Waals surface area contributed by atoms with Crippen molar-refractivity contribution in [1.29, 1.82) is 0 Å². The van der Waals surface area contributed by atoms with Crippen LogP contribution < -0.4 is 0 Å². The van der Waals surface area contributed by atoms with Gasteiger partial charge in [-0.15, -0.1) is 0 Å². The SMILES string of the molecule is CCC(=O)N1CC(N2C(=O)COC2=O)C1. The molecule has 0 aromatic heterocycles. The zero-order chi connectivity index (χ0) is 11.0. The predicted molar refractivity (Wildman–Crippen MR) is 48.9 cm³/mol. The molecule has 0 aromatic carbocycles. The fourth-order valence-corrected chi connectivity index (χ4v) is 1.76. The first-order chi connectivity index (χ1) is 7.13. The van der Waals surface area contributed by atoms with E-state index in [2.05, 4.69) is 4.74 Å². The third kappa shape index (κ3) is 1.55. The summed E-state index contributed by atoms with van der Waals surface area (Å²) in [6.45, 7) is 2.49. The molecule has 0 aromatic rings. The summed E-state index contributed by atoms with van der Waals surface area (Å²) < 4.78 is 4.59. The van der Waals surface area contributed by atoms with E-state index in [1.54, 1.807) is 11.8 Å². The molecule has 0 radical (unpaired) electrons. The Morgan fingerprint density at radius 1 is 1.47 bits per heavy atom. The maximum atomic E-state index is 11.2. The number of rotatable bonds is 2. The Morgan fingerprint density at radius 2 is 2.13 bits per heavy atom. The van der Waals surface area contributed by atoms with Crippen molar-refractivity contribution in [3.63, 3.8) is 0 Å². The Kier molecular flexibility index (Phi) is 2.34. The molecule has 0 N–H and O–H groups in total. The molecule has 2 fully saturated rings. The quantitative estimate of drug-likeness (QED) is 0.623. The third-order valence-corrected chi connectivity index (χ3v) is 2.67. The number of amides is 3. The van der Waals surface area contributed by atoms with Crippen LogP contribution in [0.2, 0.25) is 0 Å². The van der Waals surface area contributed by atoms with Crippen molar-refractivity contribution in [2.24, 2.45) is 0 Å². The van der Waals surface area contributed by atoms with E-state index in [9.17, 15) is 14.4 Å². The number of likely N-dealkylation sites (tertiary alicyclic amines) is 1. The monoisotopic (exact) mass is 212 g/mol. The van der Waals surface area contributed by atoms with Crippen LogP contribution in [0.25, 0.3) is 0 Å². The summed E-state index contributed by atoms with van der Waals surface area (Å²) in [6.07, 6.45) is -0.140. The van der Waals surface area contributed by atoms with Gasteiger partial charge in [0.05, 0.1) is 6.04 Å². The lowest BCUT2D eigenvalue weighted by Gasteiger charge is -2.41. The van der Waals surface area contributed by atoms with Gasteiger partial charge in [-0.05, 0) is 0 Å². The Hall–Kier alpha value is -1.59. The minimum atomic E-state index is -0.589. The molecule has 6 heteroatoms. The fourth-order valence-electron chi connectivity index (χ4n) is 1.76. The van der Waals surface area contributed by atoms with Gasteiger partial charge in [-0.25, -0.2) is 9.69 Å². The summed E-state index contributed by atoms with van der Waals surface area (Å²) >= 11 is 0. The standard InChI is InChI=1S/C9H12N2O4/c1-2-7(12)10-3-6(4-10)11-8(13)5-15-9(11)14/h6H,2-5H2,1H3. The Bertz CT molecular complexity index is 306. The molecule has 3 amide bonds. The molecule has 0 spiro atoms. The first-order valence-corrected chi connectivity index (χ1v) is 4.90. The van der Waals surface area contributed by atoms with Gasteiger partial charge in [0.15, 0.2) is 6.61 Å². The molecule has 0 saturated carbocycles. The molecule has 0 unspecified atom stereocenters. The molecule has 2 saturated heterocycles. The van der Waals surface area contributed by atoms with E-state index >= 15 is 0 Å². The molecule has 2 rings (SSSR count). The molecule has 15 heavy (non-hydrogen) atoms. The average molecular weight is 212 g/mol. The lowest BCUT2D eigenvalue weighted by atomic mass is 10.1. The normalized spacial score (nSPS) is 21.7. The zero-order valence-electron chi connectivity index (χ0n) is 8.43. The van der Waals surface area contributed by atoms with Crippen molar-refractivity contribution < 1.29 is 19.1 Å². The molecule has 0 bridgehead atoms. The van der Waals surface area contributed by atoms with Crippen LogP contribution in [0.1, 0.15) is 13.3 Å². The second-order valence-electron chi connectivity index (χ2n) is 3.62.